The largest absolute Gasteiger partial charge is 0.513 e. The summed E-state index contributed by atoms with van der Waals surface area (Å²) in [5.74, 6) is 1.32. The standard InChI is InChI=1S/C30H47N3O4.C4H8.C3H6O/c1-19(6-11-26-17-24(18-34)14-15-36-26)7-12-28-21(3)16-27(23(5)37-28)33-29(35)13-8-20(2)30(31)32-22(4)25-9-10-25;1-2-4-3-1;1-3(2)4/h6-8,11,13,20-21,23-28,31,34H,9-10,12,14-18H2,1-5H3,(H,33,35);1-4H2;4H,1H2,2H3/b11-6+,13-8-,19-7+,31-30?,32-22?;;. The lowest BCUT2D eigenvalue weighted by atomic mass is 9.88. The molecule has 0 bridgehead atoms. The number of nitrogens with zero attached hydrogens (tertiary/aromatic N) is 1. The van der Waals surface area contributed by atoms with Crippen molar-refractivity contribution in [1.82, 2.24) is 5.32 Å². The lowest BCUT2D eigenvalue weighted by Gasteiger charge is -2.39. The maximum absolute atomic E-state index is 12.6. The van der Waals surface area contributed by atoms with Crippen LogP contribution in [0.25, 0.3) is 0 Å². The van der Waals surface area contributed by atoms with Crippen molar-refractivity contribution in [1.29, 1.82) is 5.41 Å². The van der Waals surface area contributed by atoms with Crippen molar-refractivity contribution in [2.24, 2.45) is 28.7 Å². The number of carbonyl (C=O) groups is 1. The number of carbonyl (C=O) groups excluding carboxylic acids is 1. The molecule has 7 atom stereocenters. The summed E-state index contributed by atoms with van der Waals surface area (Å²) >= 11 is 0. The number of aliphatic imine (C=N–C) groups is 1. The quantitative estimate of drug-likeness (QED) is 0.0651. The molecule has 8 heteroatoms. The topological polar surface area (TPSA) is 124 Å². The van der Waals surface area contributed by atoms with Crippen molar-refractivity contribution in [2.75, 3.05) is 13.2 Å². The van der Waals surface area contributed by atoms with Crippen LogP contribution >= 0.6 is 0 Å². The Bertz CT molecular complexity index is 1050. The Morgan fingerprint density at radius 2 is 1.73 bits per heavy atom. The van der Waals surface area contributed by atoms with E-state index in [0.717, 1.165) is 31.4 Å². The van der Waals surface area contributed by atoms with Gasteiger partial charge in [0.05, 0.1) is 30.1 Å². The fraction of sp³-hybridized carbons (Fsp3) is 0.703. The van der Waals surface area contributed by atoms with E-state index in [1.165, 1.54) is 57.1 Å². The third-order valence-electron chi connectivity index (χ3n) is 8.90. The minimum Gasteiger partial charge on any atom is -0.513 e. The molecule has 2 saturated heterocycles. The summed E-state index contributed by atoms with van der Waals surface area (Å²) in [4.78, 5) is 17.0. The van der Waals surface area contributed by atoms with Crippen molar-refractivity contribution in [3.8, 4) is 0 Å². The monoisotopic (exact) mass is 627 g/mol. The number of hydrogen-bond acceptors (Lipinski definition) is 6. The van der Waals surface area contributed by atoms with Gasteiger partial charge in [0.15, 0.2) is 0 Å². The molecule has 7 unspecified atom stereocenters. The van der Waals surface area contributed by atoms with Crippen LogP contribution in [0.5, 0.6) is 0 Å². The van der Waals surface area contributed by atoms with Crippen LogP contribution < -0.4 is 5.32 Å². The Balaban J connectivity index is 0.000000774. The van der Waals surface area contributed by atoms with Gasteiger partial charge >= 0.3 is 0 Å². The van der Waals surface area contributed by atoms with E-state index in [4.69, 9.17) is 20.0 Å². The number of ether oxygens (including phenoxy) is 2. The molecule has 45 heavy (non-hydrogen) atoms. The number of aliphatic hydroxyl groups excluding tert-OH is 2. The number of amidine groups is 1. The molecule has 8 nitrogen and oxygen atoms in total. The summed E-state index contributed by atoms with van der Waals surface area (Å²) in [5, 5.41) is 28.5. The smallest absolute Gasteiger partial charge is 0.243 e. The second-order valence-corrected chi connectivity index (χ2v) is 13.4. The molecule has 2 saturated carbocycles. The average Bonchev–Trinajstić information content (AvgIpc) is 3.80. The minimum absolute atomic E-state index is 0.0406. The third-order valence-corrected chi connectivity index (χ3v) is 8.90. The van der Waals surface area contributed by atoms with Crippen LogP contribution in [0, 0.1) is 29.1 Å². The molecule has 254 valence electrons. The Morgan fingerprint density at radius 3 is 2.31 bits per heavy atom. The summed E-state index contributed by atoms with van der Waals surface area (Å²) in [5.41, 5.74) is 2.21. The van der Waals surface area contributed by atoms with Gasteiger partial charge in [0.2, 0.25) is 5.91 Å². The van der Waals surface area contributed by atoms with Gasteiger partial charge in [0.25, 0.3) is 0 Å². The molecule has 2 aliphatic heterocycles. The molecule has 4 aliphatic rings. The van der Waals surface area contributed by atoms with Crippen LogP contribution in [-0.4, -0.2) is 65.2 Å². The molecule has 4 fully saturated rings. The van der Waals surface area contributed by atoms with E-state index < -0.39 is 0 Å². The molecule has 4 rings (SSSR count). The van der Waals surface area contributed by atoms with Gasteiger partial charge in [-0.1, -0.05) is 76.0 Å². The molecule has 0 aromatic rings. The van der Waals surface area contributed by atoms with E-state index in [1.807, 2.05) is 20.8 Å². The van der Waals surface area contributed by atoms with E-state index in [2.05, 4.69) is 49.0 Å². The first-order valence-corrected chi connectivity index (χ1v) is 17.1. The number of rotatable bonds is 10. The maximum atomic E-state index is 12.6. The van der Waals surface area contributed by atoms with Gasteiger partial charge in [-0.3, -0.25) is 10.2 Å². The van der Waals surface area contributed by atoms with Crippen LogP contribution in [0.2, 0.25) is 0 Å². The molecule has 4 N–H and O–H groups in total. The van der Waals surface area contributed by atoms with Crippen molar-refractivity contribution < 1.29 is 24.5 Å². The highest BCUT2D eigenvalue weighted by atomic mass is 16.5. The zero-order chi connectivity index (χ0) is 33.4. The fourth-order valence-electron chi connectivity index (χ4n) is 5.23. The first-order valence-electron chi connectivity index (χ1n) is 17.1. The molecule has 0 aromatic carbocycles. The Labute approximate surface area is 272 Å². The number of hydrogen-bond donors (Lipinski definition) is 4. The molecular weight excluding hydrogens is 566 g/mol. The first kappa shape index (κ1) is 38.6. The second kappa shape index (κ2) is 20.5. The summed E-state index contributed by atoms with van der Waals surface area (Å²) in [7, 11) is 0. The lowest BCUT2D eigenvalue weighted by molar-refractivity contribution is -0.123. The maximum Gasteiger partial charge on any atom is 0.243 e. The minimum atomic E-state index is -0.201. The van der Waals surface area contributed by atoms with Gasteiger partial charge in [-0.25, -0.2) is 4.99 Å². The highest BCUT2D eigenvalue weighted by molar-refractivity contribution is 5.99. The zero-order valence-corrected chi connectivity index (χ0v) is 28.8. The number of nitrogens with one attached hydrogen (secondary N) is 2. The second-order valence-electron chi connectivity index (χ2n) is 13.4. The van der Waals surface area contributed by atoms with Crippen LogP contribution in [0.3, 0.4) is 0 Å². The van der Waals surface area contributed by atoms with Crippen molar-refractivity contribution in [3.63, 3.8) is 0 Å². The van der Waals surface area contributed by atoms with Crippen LogP contribution in [0.15, 0.2) is 53.3 Å². The highest BCUT2D eigenvalue weighted by Gasteiger charge is 2.33. The van der Waals surface area contributed by atoms with Crippen molar-refractivity contribution in [3.05, 3.63) is 48.3 Å². The summed E-state index contributed by atoms with van der Waals surface area (Å²) in [6.45, 7) is 15.8. The van der Waals surface area contributed by atoms with Crippen molar-refractivity contribution >= 4 is 17.5 Å². The number of aliphatic hydroxyl groups is 2. The van der Waals surface area contributed by atoms with E-state index in [0.29, 0.717) is 30.2 Å². The van der Waals surface area contributed by atoms with Gasteiger partial charge in [-0.05, 0) is 90.0 Å². The van der Waals surface area contributed by atoms with E-state index in [-0.39, 0.29) is 48.5 Å². The SMILES string of the molecule is C1CCC1.C=C(C)O.CC(=NC(=N)C(C)/C=C\C(=O)NC1CC(C)C(C/C=C(C)/C=C/C2CC(CO)CCO2)OC1C)C1CC1. The lowest BCUT2D eigenvalue weighted by Crippen LogP contribution is -2.50. The predicted octanol–water partition coefficient (Wildman–Crippen LogP) is 7.64. The summed E-state index contributed by atoms with van der Waals surface area (Å²) in [6.07, 6.45) is 21.7. The molecule has 2 heterocycles. The predicted molar refractivity (Wildman–Crippen MR) is 185 cm³/mol. The van der Waals surface area contributed by atoms with Gasteiger partial charge < -0.3 is 25.0 Å². The normalized spacial score (nSPS) is 29.5. The average molecular weight is 628 g/mol. The fourth-order valence-corrected chi connectivity index (χ4v) is 5.23. The molecule has 1 amide bonds. The number of amides is 1. The van der Waals surface area contributed by atoms with E-state index in [9.17, 15) is 9.90 Å². The van der Waals surface area contributed by atoms with Crippen molar-refractivity contribution in [2.45, 2.75) is 130 Å². The van der Waals surface area contributed by atoms with Crippen LogP contribution in [0.4, 0.5) is 0 Å². The van der Waals surface area contributed by atoms with E-state index in [1.54, 1.807) is 6.08 Å². The Morgan fingerprint density at radius 1 is 1.09 bits per heavy atom. The number of allylic oxidation sites excluding steroid dienone is 3. The van der Waals surface area contributed by atoms with Crippen LogP contribution in [-0.2, 0) is 14.3 Å². The highest BCUT2D eigenvalue weighted by Crippen LogP contribution is 2.31. The molecule has 0 aromatic heterocycles. The van der Waals surface area contributed by atoms with Gasteiger partial charge in [0, 0.05) is 24.8 Å². The Kier molecular flexibility index (Phi) is 17.6. The summed E-state index contributed by atoms with van der Waals surface area (Å²) in [6, 6.07) is -0.0406. The molecular formula is C37H61N3O5. The summed E-state index contributed by atoms with van der Waals surface area (Å²) < 4.78 is 12.1. The van der Waals surface area contributed by atoms with E-state index >= 15 is 0 Å². The van der Waals surface area contributed by atoms with Gasteiger partial charge in [0.1, 0.15) is 5.84 Å². The molecule has 2 aliphatic carbocycles. The molecule has 0 spiro atoms. The zero-order valence-electron chi connectivity index (χ0n) is 28.8. The van der Waals surface area contributed by atoms with Gasteiger partial charge in [-0.2, -0.15) is 0 Å². The Hall–Kier alpha value is -2.55. The first-order chi connectivity index (χ1) is 21.4. The van der Waals surface area contributed by atoms with Gasteiger partial charge in [-0.15, -0.1) is 0 Å². The van der Waals surface area contributed by atoms with Crippen LogP contribution in [0.1, 0.15) is 106 Å². The molecule has 0 radical (unpaired) electrons. The third kappa shape index (κ3) is 16.0.